The van der Waals surface area contributed by atoms with Crippen LogP contribution in [-0.2, 0) is 14.3 Å². The quantitative estimate of drug-likeness (QED) is 0.795. The second kappa shape index (κ2) is 8.50. The summed E-state index contributed by atoms with van der Waals surface area (Å²) in [5.41, 5.74) is 0.392. The van der Waals surface area contributed by atoms with Gasteiger partial charge in [0.05, 0.1) is 12.5 Å². The maximum atomic E-state index is 12.9. The third-order valence-corrected chi connectivity index (χ3v) is 5.74. The molecule has 1 unspecified atom stereocenters. The first kappa shape index (κ1) is 19.3. The molecule has 1 N–H and O–H groups in total. The molecule has 1 aromatic heterocycles. The average molecular weight is 373 g/mol. The van der Waals surface area contributed by atoms with Gasteiger partial charge in [0.1, 0.15) is 6.54 Å². The Balaban J connectivity index is 1.73. The molecule has 1 saturated carbocycles. The molecular formula is C20H27N3O4. The molecule has 1 aliphatic carbocycles. The van der Waals surface area contributed by atoms with Crippen molar-refractivity contribution in [3.8, 4) is 0 Å². The Kier molecular flexibility index (Phi) is 6.08. The first-order chi connectivity index (χ1) is 13.1. The van der Waals surface area contributed by atoms with E-state index in [-0.39, 0.29) is 36.3 Å². The van der Waals surface area contributed by atoms with Crippen LogP contribution in [0.1, 0.15) is 49.4 Å². The van der Waals surface area contributed by atoms with Gasteiger partial charge in [-0.3, -0.25) is 19.4 Å². The molecule has 1 spiro atoms. The molecule has 1 aromatic rings. The summed E-state index contributed by atoms with van der Waals surface area (Å²) < 4.78 is 4.88. The summed E-state index contributed by atoms with van der Waals surface area (Å²) in [6.07, 6.45) is 8.37. The Morgan fingerprint density at radius 2 is 1.93 bits per heavy atom. The molecule has 1 atom stereocenters. The van der Waals surface area contributed by atoms with Gasteiger partial charge >= 0.3 is 5.97 Å². The predicted molar refractivity (Wildman–Crippen MR) is 98.8 cm³/mol. The van der Waals surface area contributed by atoms with E-state index in [4.69, 9.17) is 4.74 Å². The van der Waals surface area contributed by atoms with Crippen molar-refractivity contribution in [3.63, 3.8) is 0 Å². The minimum atomic E-state index is -0.439. The fourth-order valence-corrected chi connectivity index (χ4v) is 4.42. The highest BCUT2D eigenvalue weighted by atomic mass is 16.5. The van der Waals surface area contributed by atoms with E-state index in [1.807, 2.05) is 0 Å². The number of likely N-dealkylation sites (tertiary alicyclic amines) is 1. The molecule has 1 aliphatic heterocycles. The normalized spacial score (nSPS) is 21.1. The molecule has 2 fully saturated rings. The Morgan fingerprint density at radius 1 is 1.22 bits per heavy atom. The van der Waals surface area contributed by atoms with Gasteiger partial charge in [-0.05, 0) is 31.9 Å². The number of carbonyl (C=O) groups is 3. The van der Waals surface area contributed by atoms with E-state index in [9.17, 15) is 14.4 Å². The van der Waals surface area contributed by atoms with Gasteiger partial charge in [-0.15, -0.1) is 0 Å². The van der Waals surface area contributed by atoms with Gasteiger partial charge in [0.25, 0.3) is 5.91 Å². The highest BCUT2D eigenvalue weighted by molar-refractivity contribution is 5.95. The number of ether oxygens (including phenoxy) is 1. The first-order valence-corrected chi connectivity index (χ1v) is 9.68. The molecule has 27 heavy (non-hydrogen) atoms. The van der Waals surface area contributed by atoms with E-state index >= 15 is 0 Å². The van der Waals surface area contributed by atoms with Crippen LogP contribution in [0.25, 0.3) is 0 Å². The van der Waals surface area contributed by atoms with Gasteiger partial charge in [-0.2, -0.15) is 0 Å². The minimum Gasteiger partial charge on any atom is -0.465 e. The van der Waals surface area contributed by atoms with Crippen molar-refractivity contribution in [2.45, 2.75) is 39.0 Å². The Bertz CT molecular complexity index is 686. The van der Waals surface area contributed by atoms with Gasteiger partial charge in [-0.1, -0.05) is 19.3 Å². The minimum absolute atomic E-state index is 0.0666. The number of pyridine rings is 1. The summed E-state index contributed by atoms with van der Waals surface area (Å²) >= 11 is 0. The van der Waals surface area contributed by atoms with E-state index < -0.39 is 5.97 Å². The van der Waals surface area contributed by atoms with Crippen LogP contribution in [0.15, 0.2) is 24.5 Å². The molecule has 0 aromatic carbocycles. The largest absolute Gasteiger partial charge is 0.465 e. The number of aromatic nitrogens is 1. The molecule has 146 valence electrons. The van der Waals surface area contributed by atoms with Gasteiger partial charge in [-0.25, -0.2) is 0 Å². The molecule has 2 aliphatic rings. The maximum absolute atomic E-state index is 12.9. The van der Waals surface area contributed by atoms with Crippen molar-refractivity contribution >= 4 is 17.8 Å². The number of hydrogen-bond donors (Lipinski definition) is 1. The van der Waals surface area contributed by atoms with Crippen LogP contribution in [-0.4, -0.2) is 53.9 Å². The van der Waals surface area contributed by atoms with Gasteiger partial charge in [0, 0.05) is 36.5 Å². The van der Waals surface area contributed by atoms with E-state index in [1.54, 1.807) is 36.4 Å². The van der Waals surface area contributed by atoms with Crippen molar-refractivity contribution in [1.82, 2.24) is 15.2 Å². The van der Waals surface area contributed by atoms with E-state index in [0.29, 0.717) is 18.7 Å². The second-order valence-corrected chi connectivity index (χ2v) is 7.42. The van der Waals surface area contributed by atoms with Crippen LogP contribution in [0.4, 0.5) is 0 Å². The van der Waals surface area contributed by atoms with Crippen LogP contribution < -0.4 is 5.32 Å². The van der Waals surface area contributed by atoms with Crippen molar-refractivity contribution in [2.24, 2.45) is 11.3 Å². The third kappa shape index (κ3) is 4.28. The van der Waals surface area contributed by atoms with Gasteiger partial charge in [0.15, 0.2) is 0 Å². The highest BCUT2D eigenvalue weighted by Crippen LogP contribution is 2.47. The van der Waals surface area contributed by atoms with Crippen LogP contribution in [0, 0.1) is 11.3 Å². The van der Waals surface area contributed by atoms with Crippen LogP contribution in [0.3, 0.4) is 0 Å². The summed E-state index contributed by atoms with van der Waals surface area (Å²) in [6.45, 7) is 2.87. The maximum Gasteiger partial charge on any atom is 0.325 e. The molecular weight excluding hydrogens is 346 g/mol. The lowest BCUT2D eigenvalue weighted by Crippen LogP contribution is -2.44. The monoisotopic (exact) mass is 373 g/mol. The lowest BCUT2D eigenvalue weighted by molar-refractivity contribution is -0.144. The molecule has 1 saturated heterocycles. The second-order valence-electron chi connectivity index (χ2n) is 7.42. The average Bonchev–Trinajstić information content (AvgIpc) is 3.05. The SMILES string of the molecule is CCOC(=O)CNC(=O)C1CN(C(=O)c2ccncc2)CC12CCCCC2. The van der Waals surface area contributed by atoms with E-state index in [1.165, 1.54) is 0 Å². The summed E-state index contributed by atoms with van der Waals surface area (Å²) in [4.78, 5) is 43.1. The number of nitrogens with zero attached hydrogens (tertiary/aromatic N) is 2. The van der Waals surface area contributed by atoms with E-state index in [0.717, 1.165) is 32.1 Å². The Labute approximate surface area is 159 Å². The number of amides is 2. The van der Waals surface area contributed by atoms with Crippen LogP contribution in [0.2, 0.25) is 0 Å². The zero-order valence-electron chi connectivity index (χ0n) is 15.8. The standard InChI is InChI=1S/C20H27N3O4/c1-2-27-17(24)12-22-18(25)16-13-23(14-20(16)8-4-3-5-9-20)19(26)15-6-10-21-11-7-15/h6-7,10-11,16H,2-5,8-9,12-14H2,1H3,(H,22,25). The number of carbonyl (C=O) groups excluding carboxylic acids is 3. The molecule has 3 rings (SSSR count). The van der Waals surface area contributed by atoms with Crippen LogP contribution in [0.5, 0.6) is 0 Å². The summed E-state index contributed by atoms with van der Waals surface area (Å²) in [5, 5.41) is 2.72. The zero-order chi connectivity index (χ0) is 19.3. The smallest absolute Gasteiger partial charge is 0.325 e. The third-order valence-electron chi connectivity index (χ3n) is 5.74. The van der Waals surface area contributed by atoms with Crippen LogP contribution >= 0.6 is 0 Å². The molecule has 7 nitrogen and oxygen atoms in total. The summed E-state index contributed by atoms with van der Waals surface area (Å²) in [6, 6.07) is 3.40. The molecule has 7 heteroatoms. The lowest BCUT2D eigenvalue weighted by atomic mass is 9.67. The Hall–Kier alpha value is -2.44. The molecule has 2 amide bonds. The zero-order valence-corrected chi connectivity index (χ0v) is 15.8. The Morgan fingerprint density at radius 3 is 2.59 bits per heavy atom. The topological polar surface area (TPSA) is 88.6 Å². The molecule has 2 heterocycles. The number of rotatable bonds is 5. The number of esters is 1. The molecule has 0 bridgehead atoms. The fraction of sp³-hybridized carbons (Fsp3) is 0.600. The molecule has 0 radical (unpaired) electrons. The fourth-order valence-electron chi connectivity index (χ4n) is 4.42. The first-order valence-electron chi connectivity index (χ1n) is 9.68. The van der Waals surface area contributed by atoms with E-state index in [2.05, 4.69) is 10.3 Å². The van der Waals surface area contributed by atoms with Gasteiger partial charge < -0.3 is 15.0 Å². The van der Waals surface area contributed by atoms with Crippen molar-refractivity contribution < 1.29 is 19.1 Å². The van der Waals surface area contributed by atoms with Gasteiger partial charge in [0.2, 0.25) is 5.91 Å². The van der Waals surface area contributed by atoms with Crippen molar-refractivity contribution in [3.05, 3.63) is 30.1 Å². The predicted octanol–water partition coefficient (Wildman–Crippen LogP) is 1.78. The van der Waals surface area contributed by atoms with Crippen molar-refractivity contribution in [2.75, 3.05) is 26.2 Å². The summed E-state index contributed by atoms with van der Waals surface area (Å²) in [7, 11) is 0. The highest BCUT2D eigenvalue weighted by Gasteiger charge is 2.51. The summed E-state index contributed by atoms with van der Waals surface area (Å²) in [5.74, 6) is -0.956. The number of nitrogens with one attached hydrogen (secondary N) is 1. The lowest BCUT2D eigenvalue weighted by Gasteiger charge is -2.37. The van der Waals surface area contributed by atoms with Crippen molar-refractivity contribution in [1.29, 1.82) is 0 Å². The number of hydrogen-bond acceptors (Lipinski definition) is 5.